The van der Waals surface area contributed by atoms with E-state index < -0.39 is 5.67 Å². The number of nitrogens with zero attached hydrogens (tertiary/aromatic N) is 2. The molecule has 1 aliphatic carbocycles. The molecule has 1 atom stereocenters. The van der Waals surface area contributed by atoms with Crippen LogP contribution in [0.1, 0.15) is 40.0 Å². The molecule has 7 nitrogen and oxygen atoms in total. The van der Waals surface area contributed by atoms with Gasteiger partial charge in [0.05, 0.1) is 13.2 Å². The number of aldehydes is 1. The fourth-order valence-corrected chi connectivity index (χ4v) is 2.89. The zero-order chi connectivity index (χ0) is 21.0. The first-order chi connectivity index (χ1) is 13.4. The zero-order valence-corrected chi connectivity index (χ0v) is 17.7. The minimum absolute atomic E-state index is 0.0859. The highest BCUT2D eigenvalue weighted by Gasteiger charge is 2.38. The lowest BCUT2D eigenvalue weighted by atomic mass is 9.83. The molecule has 0 radical (unpaired) electrons. The standard InChI is InChI=1S/C13H15FN2O2S.C4H11NO.C2H4O/c1-2-17-12-15-9-4-5-10(16-11(9)19-12)18-8-13(14)6-3-7-13;1-4(3-6)5-2;1-2-3/h4-5H,2-3,6-8H2,1H3;4-6H,3H2,1-2H3;2H,1H3. The van der Waals surface area contributed by atoms with E-state index in [9.17, 15) is 4.39 Å². The number of nitrogens with one attached hydrogen (secondary N) is 1. The Bertz CT molecular complexity index is 706. The van der Waals surface area contributed by atoms with E-state index in [2.05, 4.69) is 15.3 Å². The van der Waals surface area contributed by atoms with E-state index in [4.69, 9.17) is 19.4 Å². The van der Waals surface area contributed by atoms with E-state index in [0.29, 0.717) is 30.5 Å². The van der Waals surface area contributed by atoms with Gasteiger partial charge in [-0.05, 0) is 53.1 Å². The second-order valence-corrected chi connectivity index (χ2v) is 7.23. The van der Waals surface area contributed by atoms with Crippen molar-refractivity contribution in [2.45, 2.75) is 51.7 Å². The molecule has 2 N–H and O–H groups in total. The summed E-state index contributed by atoms with van der Waals surface area (Å²) in [5, 5.41) is 11.7. The molecule has 2 aromatic heterocycles. The lowest BCUT2D eigenvalue weighted by Crippen LogP contribution is -2.38. The van der Waals surface area contributed by atoms with Gasteiger partial charge in [0, 0.05) is 12.1 Å². The Morgan fingerprint density at radius 2 is 2.07 bits per heavy atom. The number of alkyl halides is 1. The van der Waals surface area contributed by atoms with Gasteiger partial charge in [-0.15, -0.1) is 0 Å². The first-order valence-corrected chi connectivity index (χ1v) is 10.1. The molecule has 0 aromatic carbocycles. The van der Waals surface area contributed by atoms with Gasteiger partial charge in [0.1, 0.15) is 24.1 Å². The number of aromatic nitrogens is 2. The Kier molecular flexibility index (Phi) is 10.9. The fourth-order valence-electron chi connectivity index (χ4n) is 2.05. The molecule has 1 saturated carbocycles. The van der Waals surface area contributed by atoms with Crippen LogP contribution in [0.2, 0.25) is 0 Å². The Morgan fingerprint density at radius 1 is 1.39 bits per heavy atom. The van der Waals surface area contributed by atoms with Gasteiger partial charge >= 0.3 is 0 Å². The SMILES string of the molecule is CC=O.CCOc1nc2ccc(OCC3(F)CCC3)nc2s1.CNC(C)CO. The third-order valence-electron chi connectivity index (χ3n) is 3.97. The summed E-state index contributed by atoms with van der Waals surface area (Å²) >= 11 is 1.37. The van der Waals surface area contributed by atoms with Crippen LogP contribution in [-0.2, 0) is 4.79 Å². The maximum atomic E-state index is 13.8. The maximum absolute atomic E-state index is 13.8. The number of likely N-dealkylation sites (N-methyl/N-ethyl adjacent to an activating group) is 1. The molecule has 158 valence electrons. The summed E-state index contributed by atoms with van der Waals surface area (Å²) < 4.78 is 24.6. The van der Waals surface area contributed by atoms with E-state index in [1.807, 2.05) is 27.0 Å². The van der Waals surface area contributed by atoms with Crippen molar-refractivity contribution in [3.05, 3.63) is 12.1 Å². The van der Waals surface area contributed by atoms with Crippen molar-refractivity contribution in [2.24, 2.45) is 0 Å². The minimum atomic E-state index is -1.15. The van der Waals surface area contributed by atoms with Crippen LogP contribution in [0.3, 0.4) is 0 Å². The number of carbonyl (C=O) groups excluding carboxylic acids is 1. The maximum Gasteiger partial charge on any atom is 0.275 e. The summed E-state index contributed by atoms with van der Waals surface area (Å²) in [4.78, 5) is 18.2. The van der Waals surface area contributed by atoms with Crippen LogP contribution in [0.25, 0.3) is 10.3 Å². The average molecular weight is 416 g/mol. The molecule has 1 fully saturated rings. The number of hydrogen-bond donors (Lipinski definition) is 2. The molecule has 1 aliphatic rings. The number of thiazole rings is 1. The molecule has 2 aromatic rings. The summed E-state index contributed by atoms with van der Waals surface area (Å²) in [7, 11) is 1.82. The third kappa shape index (κ3) is 8.04. The van der Waals surface area contributed by atoms with Gasteiger partial charge in [0.25, 0.3) is 5.19 Å². The van der Waals surface area contributed by atoms with E-state index >= 15 is 0 Å². The lowest BCUT2D eigenvalue weighted by molar-refractivity contribution is -0.106. The summed E-state index contributed by atoms with van der Waals surface area (Å²) in [6.07, 6.45) is 2.87. The number of aliphatic hydroxyl groups is 1. The van der Waals surface area contributed by atoms with Gasteiger partial charge in [-0.2, -0.15) is 0 Å². The monoisotopic (exact) mass is 415 g/mol. The summed E-state index contributed by atoms with van der Waals surface area (Å²) in [6, 6.07) is 3.78. The fraction of sp³-hybridized carbons (Fsp3) is 0.632. The van der Waals surface area contributed by atoms with E-state index in [-0.39, 0.29) is 19.3 Å². The Labute approximate surface area is 169 Å². The predicted octanol–water partition coefficient (Wildman–Crippen LogP) is 3.15. The van der Waals surface area contributed by atoms with E-state index in [1.165, 1.54) is 18.3 Å². The van der Waals surface area contributed by atoms with Gasteiger partial charge in [-0.25, -0.2) is 14.4 Å². The number of fused-ring (bicyclic) bond motifs is 1. The molecule has 28 heavy (non-hydrogen) atoms. The number of aliphatic hydroxyl groups excluding tert-OH is 1. The van der Waals surface area contributed by atoms with Crippen LogP contribution < -0.4 is 14.8 Å². The second kappa shape index (κ2) is 12.6. The molecule has 9 heteroatoms. The van der Waals surface area contributed by atoms with Crippen molar-refractivity contribution in [1.29, 1.82) is 0 Å². The van der Waals surface area contributed by atoms with E-state index in [0.717, 1.165) is 23.1 Å². The largest absolute Gasteiger partial charge is 0.474 e. The van der Waals surface area contributed by atoms with Crippen LogP contribution in [-0.4, -0.2) is 59.9 Å². The molecule has 3 rings (SSSR count). The van der Waals surface area contributed by atoms with Crippen molar-refractivity contribution >= 4 is 28.0 Å². The van der Waals surface area contributed by atoms with Gasteiger partial charge < -0.3 is 24.7 Å². The molecule has 2 heterocycles. The highest BCUT2D eigenvalue weighted by Crippen LogP contribution is 2.36. The molecular formula is C19H30FN3O4S. The summed E-state index contributed by atoms with van der Waals surface area (Å²) in [6.45, 7) is 6.15. The molecule has 0 amide bonds. The van der Waals surface area contributed by atoms with Crippen LogP contribution in [0.5, 0.6) is 11.1 Å². The van der Waals surface area contributed by atoms with Crippen molar-refractivity contribution in [3.8, 4) is 11.1 Å². The topological polar surface area (TPSA) is 93.6 Å². The number of rotatable bonds is 7. The normalized spacial score (nSPS) is 15.2. The van der Waals surface area contributed by atoms with Crippen LogP contribution in [0.15, 0.2) is 12.1 Å². The predicted molar refractivity (Wildman–Crippen MR) is 109 cm³/mol. The number of ether oxygens (including phenoxy) is 2. The Morgan fingerprint density at radius 3 is 2.54 bits per heavy atom. The third-order valence-corrected chi connectivity index (χ3v) is 4.85. The number of hydrogen-bond acceptors (Lipinski definition) is 8. The molecule has 1 unspecified atom stereocenters. The molecular weight excluding hydrogens is 385 g/mol. The second-order valence-electron chi connectivity index (χ2n) is 6.29. The van der Waals surface area contributed by atoms with Crippen molar-refractivity contribution in [2.75, 3.05) is 26.9 Å². The summed E-state index contributed by atoms with van der Waals surface area (Å²) in [5.41, 5.74) is -0.375. The lowest BCUT2D eigenvalue weighted by Gasteiger charge is -2.32. The Balaban J connectivity index is 0.000000370. The highest BCUT2D eigenvalue weighted by atomic mass is 32.1. The van der Waals surface area contributed by atoms with Gasteiger partial charge in [0.2, 0.25) is 5.88 Å². The quantitative estimate of drug-likeness (QED) is 0.671. The van der Waals surface area contributed by atoms with Crippen LogP contribution in [0, 0.1) is 0 Å². The molecule has 0 bridgehead atoms. The first kappa shape index (κ1) is 24.2. The number of pyridine rings is 1. The average Bonchev–Trinajstić information content (AvgIpc) is 3.07. The zero-order valence-electron chi connectivity index (χ0n) is 16.9. The summed E-state index contributed by atoms with van der Waals surface area (Å²) in [5.74, 6) is 0.447. The smallest absolute Gasteiger partial charge is 0.275 e. The minimum Gasteiger partial charge on any atom is -0.474 e. The van der Waals surface area contributed by atoms with E-state index in [1.54, 1.807) is 6.07 Å². The molecule has 0 spiro atoms. The van der Waals surface area contributed by atoms with Crippen molar-refractivity contribution in [3.63, 3.8) is 0 Å². The molecule has 0 aliphatic heterocycles. The first-order valence-electron chi connectivity index (χ1n) is 9.31. The molecule has 0 saturated heterocycles. The highest BCUT2D eigenvalue weighted by molar-refractivity contribution is 7.19. The van der Waals surface area contributed by atoms with Crippen LogP contribution in [0.4, 0.5) is 4.39 Å². The Hall–Kier alpha value is -1.84. The van der Waals surface area contributed by atoms with Gasteiger partial charge in [-0.1, -0.05) is 11.3 Å². The van der Waals surface area contributed by atoms with Crippen molar-refractivity contribution < 1.29 is 23.8 Å². The van der Waals surface area contributed by atoms with Crippen molar-refractivity contribution in [1.82, 2.24) is 15.3 Å². The number of halogens is 1. The van der Waals surface area contributed by atoms with Gasteiger partial charge in [-0.3, -0.25) is 0 Å². The van der Waals surface area contributed by atoms with Crippen LogP contribution >= 0.6 is 11.3 Å². The number of carbonyl (C=O) groups is 1. The van der Waals surface area contributed by atoms with Gasteiger partial charge in [0.15, 0.2) is 4.83 Å².